The second-order valence-corrected chi connectivity index (χ2v) is 5.90. The fraction of sp³-hybridized carbons (Fsp3) is 0.188. The molecule has 24 heavy (non-hydrogen) atoms. The molecule has 1 aromatic carbocycles. The summed E-state index contributed by atoms with van der Waals surface area (Å²) in [6, 6.07) is 6.40. The third-order valence-electron chi connectivity index (χ3n) is 3.21. The zero-order valence-corrected chi connectivity index (χ0v) is 14.6. The molecule has 0 fully saturated rings. The van der Waals surface area contributed by atoms with Gasteiger partial charge in [0.25, 0.3) is 5.91 Å². The molecule has 2 aromatic rings. The van der Waals surface area contributed by atoms with Crippen LogP contribution in [0.4, 0.5) is 5.69 Å². The van der Waals surface area contributed by atoms with Gasteiger partial charge in [-0.25, -0.2) is 0 Å². The molecule has 8 heteroatoms. The van der Waals surface area contributed by atoms with Crippen LogP contribution < -0.4 is 5.06 Å². The van der Waals surface area contributed by atoms with Gasteiger partial charge in [-0.1, -0.05) is 15.9 Å². The highest BCUT2D eigenvalue weighted by Crippen LogP contribution is 2.28. The van der Waals surface area contributed by atoms with E-state index < -0.39 is 17.6 Å². The van der Waals surface area contributed by atoms with Crippen LogP contribution in [0.25, 0.3) is 0 Å². The molecule has 0 aliphatic heterocycles. The SMILES string of the molecule is CC(=O)OCc1ncc(C)c(C(=O)N(O)c2ccc(Br)cc2)c1O. The van der Waals surface area contributed by atoms with Gasteiger partial charge >= 0.3 is 5.97 Å². The summed E-state index contributed by atoms with van der Waals surface area (Å²) in [4.78, 5) is 27.4. The third-order valence-corrected chi connectivity index (χ3v) is 3.74. The van der Waals surface area contributed by atoms with E-state index in [0.29, 0.717) is 10.6 Å². The number of anilines is 1. The fourth-order valence-corrected chi connectivity index (χ4v) is 2.25. The number of halogens is 1. The molecule has 0 atom stereocenters. The van der Waals surface area contributed by atoms with Crippen molar-refractivity contribution in [2.24, 2.45) is 0 Å². The van der Waals surface area contributed by atoms with Gasteiger partial charge in [0.2, 0.25) is 0 Å². The minimum atomic E-state index is -0.821. The molecule has 0 aliphatic carbocycles. The molecule has 7 nitrogen and oxygen atoms in total. The van der Waals surface area contributed by atoms with Gasteiger partial charge in [-0.2, -0.15) is 5.06 Å². The first-order valence-corrected chi connectivity index (χ1v) is 7.70. The van der Waals surface area contributed by atoms with Crippen LogP contribution in [0.1, 0.15) is 28.5 Å². The molecule has 0 saturated carbocycles. The van der Waals surface area contributed by atoms with Crippen molar-refractivity contribution in [1.29, 1.82) is 0 Å². The zero-order chi connectivity index (χ0) is 17.9. The Kier molecular flexibility index (Phi) is 5.53. The molecule has 1 amide bonds. The molecule has 2 N–H and O–H groups in total. The summed E-state index contributed by atoms with van der Waals surface area (Å²) < 4.78 is 5.58. The van der Waals surface area contributed by atoms with Crippen molar-refractivity contribution in [2.75, 3.05) is 5.06 Å². The van der Waals surface area contributed by atoms with Crippen LogP contribution in [0.15, 0.2) is 34.9 Å². The van der Waals surface area contributed by atoms with Gasteiger partial charge in [0.05, 0.1) is 11.3 Å². The molecule has 1 aromatic heterocycles. The van der Waals surface area contributed by atoms with Gasteiger partial charge in [0.15, 0.2) is 5.75 Å². The second-order valence-electron chi connectivity index (χ2n) is 4.99. The topological polar surface area (TPSA) is 100.0 Å². The van der Waals surface area contributed by atoms with E-state index in [0.717, 1.165) is 4.47 Å². The smallest absolute Gasteiger partial charge is 0.303 e. The maximum Gasteiger partial charge on any atom is 0.303 e. The molecule has 0 aliphatic rings. The summed E-state index contributed by atoms with van der Waals surface area (Å²) in [5.41, 5.74) is 0.529. The number of aromatic hydroxyl groups is 1. The van der Waals surface area contributed by atoms with E-state index in [1.807, 2.05) is 0 Å². The number of benzene rings is 1. The highest BCUT2D eigenvalue weighted by Gasteiger charge is 2.24. The van der Waals surface area contributed by atoms with Gasteiger partial charge in [0.1, 0.15) is 12.3 Å². The van der Waals surface area contributed by atoms with E-state index in [1.165, 1.54) is 25.3 Å². The van der Waals surface area contributed by atoms with Crippen LogP contribution in [-0.2, 0) is 16.1 Å². The van der Waals surface area contributed by atoms with Gasteiger partial charge in [-0.3, -0.25) is 19.8 Å². The molecule has 126 valence electrons. The van der Waals surface area contributed by atoms with E-state index in [1.54, 1.807) is 19.1 Å². The second kappa shape index (κ2) is 7.41. The number of carbonyl (C=O) groups is 2. The summed E-state index contributed by atoms with van der Waals surface area (Å²) in [5.74, 6) is -1.79. The summed E-state index contributed by atoms with van der Waals surface area (Å²) in [5, 5.41) is 20.9. The predicted molar refractivity (Wildman–Crippen MR) is 88.8 cm³/mol. The van der Waals surface area contributed by atoms with Crippen LogP contribution in [0, 0.1) is 6.92 Å². The highest BCUT2D eigenvalue weighted by atomic mass is 79.9. The molecule has 0 radical (unpaired) electrons. The number of pyridine rings is 1. The van der Waals surface area contributed by atoms with Crippen molar-refractivity contribution in [3.8, 4) is 5.75 Å². The lowest BCUT2D eigenvalue weighted by Gasteiger charge is -2.18. The third kappa shape index (κ3) is 3.90. The van der Waals surface area contributed by atoms with Gasteiger partial charge in [-0.15, -0.1) is 0 Å². The van der Waals surface area contributed by atoms with Gasteiger partial charge in [-0.05, 0) is 36.8 Å². The number of carbonyl (C=O) groups excluding carboxylic acids is 2. The number of hydrogen-bond acceptors (Lipinski definition) is 6. The quantitative estimate of drug-likeness (QED) is 0.469. The first kappa shape index (κ1) is 17.9. The fourth-order valence-electron chi connectivity index (χ4n) is 1.98. The minimum Gasteiger partial charge on any atom is -0.505 e. The predicted octanol–water partition coefficient (Wildman–Crippen LogP) is 2.96. The summed E-state index contributed by atoms with van der Waals surface area (Å²) in [6.45, 7) is 2.52. The Bertz CT molecular complexity index is 777. The van der Waals surface area contributed by atoms with Gasteiger partial charge < -0.3 is 9.84 Å². The standard InChI is InChI=1S/C16H15BrN2O5/c1-9-7-18-13(8-24-10(2)20)15(21)14(9)16(22)19(23)12-5-3-11(17)4-6-12/h3-7,21,23H,8H2,1-2H3. The Morgan fingerprint density at radius 1 is 1.29 bits per heavy atom. The molecular formula is C16H15BrN2O5. The average Bonchev–Trinajstić information content (AvgIpc) is 2.54. The number of aromatic nitrogens is 1. The zero-order valence-electron chi connectivity index (χ0n) is 13.0. The monoisotopic (exact) mass is 394 g/mol. The van der Waals surface area contributed by atoms with Crippen molar-refractivity contribution >= 4 is 33.5 Å². The number of nitrogens with zero attached hydrogens (tertiary/aromatic N) is 2. The first-order valence-electron chi connectivity index (χ1n) is 6.91. The molecular weight excluding hydrogens is 380 g/mol. The Hall–Kier alpha value is -2.45. The maximum absolute atomic E-state index is 12.5. The van der Waals surface area contributed by atoms with E-state index in [2.05, 4.69) is 20.9 Å². The Morgan fingerprint density at radius 2 is 1.92 bits per heavy atom. The average molecular weight is 395 g/mol. The van der Waals surface area contributed by atoms with Crippen LogP contribution in [-0.4, -0.2) is 27.2 Å². The maximum atomic E-state index is 12.5. The van der Waals surface area contributed by atoms with Crippen LogP contribution in [0.5, 0.6) is 5.75 Å². The minimum absolute atomic E-state index is 0.0309. The van der Waals surface area contributed by atoms with E-state index in [9.17, 15) is 19.9 Å². The molecule has 0 saturated heterocycles. The van der Waals surface area contributed by atoms with Crippen LogP contribution >= 0.6 is 15.9 Å². The Labute approximate surface area is 146 Å². The summed E-state index contributed by atoms with van der Waals surface area (Å²) in [6.07, 6.45) is 1.36. The number of hydrogen-bond donors (Lipinski definition) is 2. The lowest BCUT2D eigenvalue weighted by atomic mass is 10.1. The lowest BCUT2D eigenvalue weighted by molar-refractivity contribution is -0.142. The number of esters is 1. The molecule has 2 rings (SSSR count). The Morgan fingerprint density at radius 3 is 2.50 bits per heavy atom. The molecule has 0 bridgehead atoms. The molecule has 0 unspecified atom stereocenters. The summed E-state index contributed by atoms with van der Waals surface area (Å²) in [7, 11) is 0. The summed E-state index contributed by atoms with van der Waals surface area (Å²) >= 11 is 3.26. The Balaban J connectivity index is 2.35. The molecule has 1 heterocycles. The number of hydroxylamine groups is 1. The number of amides is 1. The number of aryl methyl sites for hydroxylation is 1. The van der Waals surface area contributed by atoms with E-state index in [-0.39, 0.29) is 23.6 Å². The van der Waals surface area contributed by atoms with Crippen molar-refractivity contribution in [3.63, 3.8) is 0 Å². The first-order chi connectivity index (χ1) is 11.3. The molecule has 0 spiro atoms. The van der Waals surface area contributed by atoms with Gasteiger partial charge in [0, 0.05) is 17.6 Å². The highest BCUT2D eigenvalue weighted by molar-refractivity contribution is 9.10. The van der Waals surface area contributed by atoms with Crippen molar-refractivity contribution in [1.82, 2.24) is 4.98 Å². The van der Waals surface area contributed by atoms with Crippen molar-refractivity contribution in [2.45, 2.75) is 20.5 Å². The van der Waals surface area contributed by atoms with E-state index in [4.69, 9.17) is 4.74 Å². The van der Waals surface area contributed by atoms with Crippen molar-refractivity contribution in [3.05, 3.63) is 51.8 Å². The normalized spacial score (nSPS) is 10.3. The number of ether oxygens (including phenoxy) is 1. The lowest BCUT2D eigenvalue weighted by Crippen LogP contribution is -2.28. The van der Waals surface area contributed by atoms with Crippen molar-refractivity contribution < 1.29 is 24.6 Å². The largest absolute Gasteiger partial charge is 0.505 e. The number of rotatable bonds is 4. The van der Waals surface area contributed by atoms with E-state index >= 15 is 0 Å². The van der Waals surface area contributed by atoms with Crippen LogP contribution in [0.3, 0.4) is 0 Å². The van der Waals surface area contributed by atoms with Crippen LogP contribution in [0.2, 0.25) is 0 Å².